The molecule has 0 saturated carbocycles. The molecule has 2 aromatic rings. The number of hydrogen-bond acceptors (Lipinski definition) is 5. The number of carbonyl (C=O) groups is 3. The molecule has 0 aromatic heterocycles. The summed E-state index contributed by atoms with van der Waals surface area (Å²) in [6.45, 7) is 5.71. The molecule has 164 valence electrons. The van der Waals surface area contributed by atoms with Crippen LogP contribution in [-0.2, 0) is 25.5 Å². The van der Waals surface area contributed by atoms with Crippen molar-refractivity contribution in [3.8, 4) is 5.75 Å². The Morgan fingerprint density at radius 3 is 2.55 bits per heavy atom. The van der Waals surface area contributed by atoms with E-state index < -0.39 is 23.9 Å². The molecule has 2 aromatic carbocycles. The van der Waals surface area contributed by atoms with E-state index in [0.29, 0.717) is 11.4 Å². The molecule has 2 atom stereocenters. The maximum atomic E-state index is 12.6. The number of carbonyl (C=O) groups excluding carboxylic acids is 3. The van der Waals surface area contributed by atoms with Gasteiger partial charge in [-0.25, -0.2) is 0 Å². The van der Waals surface area contributed by atoms with Crippen molar-refractivity contribution in [1.29, 1.82) is 0 Å². The SMILES string of the molecule is CCc1ccc(N2C[C@H](C(=O)O[C@@H](C)C(=O)Nc3cc(C)ccc3OC)CC2=O)cc1. The van der Waals surface area contributed by atoms with E-state index >= 15 is 0 Å². The summed E-state index contributed by atoms with van der Waals surface area (Å²) in [4.78, 5) is 39.2. The van der Waals surface area contributed by atoms with Crippen LogP contribution in [0.5, 0.6) is 5.75 Å². The second kappa shape index (κ2) is 9.64. The zero-order chi connectivity index (χ0) is 22.5. The molecular weight excluding hydrogens is 396 g/mol. The van der Waals surface area contributed by atoms with E-state index in [1.54, 1.807) is 17.0 Å². The molecule has 1 aliphatic heterocycles. The van der Waals surface area contributed by atoms with E-state index in [1.165, 1.54) is 19.6 Å². The number of anilines is 2. The molecule has 2 amide bonds. The lowest BCUT2D eigenvalue weighted by Crippen LogP contribution is -2.33. The lowest BCUT2D eigenvalue weighted by atomic mass is 10.1. The van der Waals surface area contributed by atoms with E-state index in [9.17, 15) is 14.4 Å². The first-order valence-electron chi connectivity index (χ1n) is 10.4. The van der Waals surface area contributed by atoms with Gasteiger partial charge in [0, 0.05) is 18.7 Å². The molecule has 1 fully saturated rings. The monoisotopic (exact) mass is 424 g/mol. The van der Waals surface area contributed by atoms with Crippen molar-refractivity contribution >= 4 is 29.2 Å². The Morgan fingerprint density at radius 1 is 1.19 bits per heavy atom. The van der Waals surface area contributed by atoms with Crippen LogP contribution >= 0.6 is 0 Å². The van der Waals surface area contributed by atoms with Crippen LogP contribution in [0, 0.1) is 12.8 Å². The number of rotatable bonds is 7. The zero-order valence-electron chi connectivity index (χ0n) is 18.3. The first-order chi connectivity index (χ1) is 14.8. The van der Waals surface area contributed by atoms with Crippen molar-refractivity contribution in [3.05, 3.63) is 53.6 Å². The molecule has 7 nitrogen and oxygen atoms in total. The fourth-order valence-electron chi connectivity index (χ4n) is 3.50. The molecule has 0 spiro atoms. The minimum atomic E-state index is -1.01. The highest BCUT2D eigenvalue weighted by Crippen LogP contribution is 2.28. The highest BCUT2D eigenvalue weighted by atomic mass is 16.5. The Kier molecular flexibility index (Phi) is 6.95. The Bertz CT molecular complexity index is 970. The van der Waals surface area contributed by atoms with Crippen LogP contribution in [0.2, 0.25) is 0 Å². The van der Waals surface area contributed by atoms with Crippen LogP contribution < -0.4 is 15.0 Å². The number of nitrogens with zero attached hydrogens (tertiary/aromatic N) is 1. The van der Waals surface area contributed by atoms with Crippen molar-refractivity contribution < 1.29 is 23.9 Å². The van der Waals surface area contributed by atoms with Gasteiger partial charge in [0.25, 0.3) is 5.91 Å². The van der Waals surface area contributed by atoms with E-state index in [-0.39, 0.29) is 18.9 Å². The van der Waals surface area contributed by atoms with Gasteiger partial charge in [-0.1, -0.05) is 25.1 Å². The van der Waals surface area contributed by atoms with Crippen LogP contribution in [0.25, 0.3) is 0 Å². The maximum Gasteiger partial charge on any atom is 0.312 e. The summed E-state index contributed by atoms with van der Waals surface area (Å²) in [7, 11) is 1.52. The minimum Gasteiger partial charge on any atom is -0.495 e. The maximum absolute atomic E-state index is 12.6. The number of ether oxygens (including phenoxy) is 2. The summed E-state index contributed by atoms with van der Waals surface area (Å²) < 4.78 is 10.6. The summed E-state index contributed by atoms with van der Waals surface area (Å²) in [5, 5.41) is 2.73. The van der Waals surface area contributed by atoms with Crippen molar-refractivity contribution in [1.82, 2.24) is 0 Å². The number of methoxy groups -OCH3 is 1. The predicted molar refractivity (Wildman–Crippen MR) is 118 cm³/mol. The van der Waals surface area contributed by atoms with Crippen LogP contribution in [0.15, 0.2) is 42.5 Å². The lowest BCUT2D eigenvalue weighted by Gasteiger charge is -2.18. The molecule has 1 aliphatic rings. The van der Waals surface area contributed by atoms with E-state index in [1.807, 2.05) is 37.3 Å². The van der Waals surface area contributed by atoms with Gasteiger partial charge >= 0.3 is 5.97 Å². The molecule has 0 bridgehead atoms. The highest BCUT2D eigenvalue weighted by molar-refractivity contribution is 6.00. The second-order valence-electron chi connectivity index (χ2n) is 7.70. The smallest absolute Gasteiger partial charge is 0.312 e. The average Bonchev–Trinajstić information content (AvgIpc) is 3.15. The Morgan fingerprint density at radius 2 is 1.90 bits per heavy atom. The quantitative estimate of drug-likeness (QED) is 0.688. The third-order valence-electron chi connectivity index (χ3n) is 5.39. The van der Waals surface area contributed by atoms with E-state index in [0.717, 1.165) is 17.7 Å². The average molecular weight is 424 g/mol. The van der Waals surface area contributed by atoms with E-state index in [2.05, 4.69) is 12.2 Å². The van der Waals surface area contributed by atoms with Crippen LogP contribution in [0.1, 0.15) is 31.4 Å². The van der Waals surface area contributed by atoms with Crippen LogP contribution in [0.4, 0.5) is 11.4 Å². The number of hydrogen-bond donors (Lipinski definition) is 1. The second-order valence-corrected chi connectivity index (χ2v) is 7.70. The van der Waals surface area contributed by atoms with Crippen molar-refractivity contribution in [2.45, 2.75) is 39.7 Å². The van der Waals surface area contributed by atoms with Gasteiger partial charge in [0.2, 0.25) is 5.91 Å². The molecule has 1 saturated heterocycles. The Labute approximate surface area is 182 Å². The summed E-state index contributed by atoms with van der Waals surface area (Å²) in [5.74, 6) is -1.24. The van der Waals surface area contributed by atoms with Gasteiger partial charge in [0.05, 0.1) is 18.7 Å². The van der Waals surface area contributed by atoms with Gasteiger partial charge in [-0.2, -0.15) is 0 Å². The van der Waals surface area contributed by atoms with Crippen molar-refractivity contribution in [2.75, 3.05) is 23.9 Å². The standard InChI is InChI=1S/C24H28N2O5/c1-5-17-7-9-19(10-8-17)26-14-18(13-22(26)27)24(29)31-16(3)23(28)25-20-12-15(2)6-11-21(20)30-4/h6-12,16,18H,5,13-14H2,1-4H3,(H,25,28)/t16-,18+/m0/s1. The van der Waals surface area contributed by atoms with Gasteiger partial charge in [-0.15, -0.1) is 0 Å². The molecular formula is C24H28N2O5. The molecule has 7 heteroatoms. The summed E-state index contributed by atoms with van der Waals surface area (Å²) in [5.41, 5.74) is 3.40. The Hall–Kier alpha value is -3.35. The van der Waals surface area contributed by atoms with Gasteiger partial charge in [0.15, 0.2) is 6.10 Å². The molecule has 0 unspecified atom stereocenters. The first kappa shape index (κ1) is 22.3. The lowest BCUT2D eigenvalue weighted by molar-refractivity contribution is -0.157. The van der Waals surface area contributed by atoms with Crippen LogP contribution in [0.3, 0.4) is 0 Å². The normalized spacial score (nSPS) is 16.7. The third-order valence-corrected chi connectivity index (χ3v) is 5.39. The van der Waals surface area contributed by atoms with Crippen LogP contribution in [-0.4, -0.2) is 37.5 Å². The Balaban J connectivity index is 1.60. The number of aryl methyl sites for hydroxylation is 2. The molecule has 1 N–H and O–H groups in total. The summed E-state index contributed by atoms with van der Waals surface area (Å²) in [6, 6.07) is 13.1. The fraction of sp³-hybridized carbons (Fsp3) is 0.375. The minimum absolute atomic E-state index is 0.0639. The molecule has 1 heterocycles. The summed E-state index contributed by atoms with van der Waals surface area (Å²) in [6.07, 6.45) is -0.0305. The fourth-order valence-corrected chi connectivity index (χ4v) is 3.50. The number of esters is 1. The van der Waals surface area contributed by atoms with Crippen molar-refractivity contribution in [3.63, 3.8) is 0 Å². The van der Waals surface area contributed by atoms with Gasteiger partial charge in [-0.3, -0.25) is 14.4 Å². The molecule has 3 rings (SSSR count). The number of amides is 2. The molecule has 0 aliphatic carbocycles. The first-order valence-corrected chi connectivity index (χ1v) is 10.4. The van der Waals surface area contributed by atoms with Gasteiger partial charge < -0.3 is 19.7 Å². The third kappa shape index (κ3) is 5.23. The predicted octanol–water partition coefficient (Wildman–Crippen LogP) is 3.49. The topological polar surface area (TPSA) is 84.9 Å². The van der Waals surface area contributed by atoms with Gasteiger partial charge in [0.1, 0.15) is 5.75 Å². The van der Waals surface area contributed by atoms with E-state index in [4.69, 9.17) is 9.47 Å². The number of benzene rings is 2. The zero-order valence-corrected chi connectivity index (χ0v) is 18.3. The molecule has 31 heavy (non-hydrogen) atoms. The number of nitrogens with one attached hydrogen (secondary N) is 1. The van der Waals surface area contributed by atoms with Gasteiger partial charge in [-0.05, 0) is 55.7 Å². The molecule has 0 radical (unpaired) electrons. The summed E-state index contributed by atoms with van der Waals surface area (Å²) >= 11 is 0. The highest BCUT2D eigenvalue weighted by Gasteiger charge is 2.37. The largest absolute Gasteiger partial charge is 0.495 e. The van der Waals surface area contributed by atoms with Crippen molar-refractivity contribution in [2.24, 2.45) is 5.92 Å².